The van der Waals surface area contributed by atoms with E-state index in [-0.39, 0.29) is 5.78 Å². The molecule has 0 aromatic heterocycles. The van der Waals surface area contributed by atoms with Gasteiger partial charge in [-0.3, -0.25) is 4.79 Å². The Bertz CT molecular complexity index is 646. The summed E-state index contributed by atoms with van der Waals surface area (Å²) < 4.78 is 6.07. The topological polar surface area (TPSA) is 26.3 Å². The van der Waals surface area contributed by atoms with E-state index in [4.69, 9.17) is 4.74 Å². The van der Waals surface area contributed by atoms with Crippen LogP contribution in [-0.4, -0.2) is 5.78 Å². The van der Waals surface area contributed by atoms with E-state index in [0.717, 1.165) is 29.7 Å². The molecule has 0 bridgehead atoms. The SMILES string of the molecule is CC/C(C)=C1\C=CC(=O)C=C1Oc1cc(CC)ccc1C. The van der Waals surface area contributed by atoms with E-state index in [9.17, 15) is 4.79 Å². The van der Waals surface area contributed by atoms with Gasteiger partial charge in [-0.15, -0.1) is 0 Å². The van der Waals surface area contributed by atoms with Gasteiger partial charge in [-0.05, 0) is 56.0 Å². The Morgan fingerprint density at radius 3 is 2.62 bits per heavy atom. The van der Waals surface area contributed by atoms with Crippen LogP contribution in [0.3, 0.4) is 0 Å². The Balaban J connectivity index is 2.39. The summed E-state index contributed by atoms with van der Waals surface area (Å²) in [5.41, 5.74) is 4.53. The summed E-state index contributed by atoms with van der Waals surface area (Å²) in [5.74, 6) is 1.45. The van der Waals surface area contributed by atoms with Crippen LogP contribution in [0.4, 0.5) is 0 Å². The minimum absolute atomic E-state index is 0.0260. The Hall–Kier alpha value is -2.09. The standard InChI is InChI=1S/C19H22O2/c1-5-13(3)17-10-9-16(20)12-19(17)21-18-11-15(6-2)8-7-14(18)4/h7-12H,5-6H2,1-4H3/b17-13+. The summed E-state index contributed by atoms with van der Waals surface area (Å²) >= 11 is 0. The second-order valence-electron chi connectivity index (χ2n) is 5.35. The van der Waals surface area contributed by atoms with Crippen molar-refractivity contribution in [3.05, 3.63) is 64.5 Å². The van der Waals surface area contributed by atoms with Crippen LogP contribution in [0.25, 0.3) is 0 Å². The van der Waals surface area contributed by atoms with Gasteiger partial charge in [0.2, 0.25) is 0 Å². The van der Waals surface area contributed by atoms with Crippen LogP contribution >= 0.6 is 0 Å². The molecule has 2 rings (SSSR count). The van der Waals surface area contributed by atoms with Gasteiger partial charge in [-0.25, -0.2) is 0 Å². The van der Waals surface area contributed by atoms with Gasteiger partial charge in [0.1, 0.15) is 11.5 Å². The maximum atomic E-state index is 11.7. The van der Waals surface area contributed by atoms with Crippen LogP contribution in [0, 0.1) is 6.92 Å². The number of benzene rings is 1. The van der Waals surface area contributed by atoms with Crippen molar-refractivity contribution >= 4 is 5.78 Å². The Morgan fingerprint density at radius 1 is 1.19 bits per heavy atom. The zero-order valence-corrected chi connectivity index (χ0v) is 13.2. The van der Waals surface area contributed by atoms with Crippen molar-refractivity contribution < 1.29 is 9.53 Å². The smallest absolute Gasteiger partial charge is 0.182 e. The fraction of sp³-hybridized carbons (Fsp3) is 0.316. The monoisotopic (exact) mass is 282 g/mol. The molecule has 0 amide bonds. The third kappa shape index (κ3) is 3.52. The summed E-state index contributed by atoms with van der Waals surface area (Å²) in [6.45, 7) is 8.31. The normalized spacial score (nSPS) is 16.8. The lowest BCUT2D eigenvalue weighted by Gasteiger charge is -2.17. The molecule has 0 radical (unpaired) electrons. The van der Waals surface area contributed by atoms with Gasteiger partial charge in [0.15, 0.2) is 5.78 Å². The molecule has 0 aliphatic heterocycles. The van der Waals surface area contributed by atoms with Crippen LogP contribution in [0.5, 0.6) is 5.75 Å². The first kappa shape index (κ1) is 15.3. The van der Waals surface area contributed by atoms with E-state index >= 15 is 0 Å². The van der Waals surface area contributed by atoms with Crippen molar-refractivity contribution in [1.29, 1.82) is 0 Å². The van der Waals surface area contributed by atoms with E-state index in [0.29, 0.717) is 5.76 Å². The summed E-state index contributed by atoms with van der Waals surface area (Å²) in [6.07, 6.45) is 6.92. The molecule has 0 N–H and O–H groups in total. The zero-order valence-electron chi connectivity index (χ0n) is 13.2. The lowest BCUT2D eigenvalue weighted by Crippen LogP contribution is -2.08. The van der Waals surface area contributed by atoms with Gasteiger partial charge in [-0.1, -0.05) is 31.6 Å². The van der Waals surface area contributed by atoms with Gasteiger partial charge in [0, 0.05) is 11.6 Å². The Kier molecular flexibility index (Phi) is 4.79. The second kappa shape index (κ2) is 6.57. The highest BCUT2D eigenvalue weighted by molar-refractivity contribution is 6.02. The van der Waals surface area contributed by atoms with Crippen molar-refractivity contribution in [3.8, 4) is 5.75 Å². The molecular formula is C19H22O2. The average Bonchev–Trinajstić information content (AvgIpc) is 2.49. The van der Waals surface area contributed by atoms with E-state index in [1.54, 1.807) is 12.2 Å². The minimum atomic E-state index is -0.0260. The number of rotatable bonds is 4. The fourth-order valence-electron chi connectivity index (χ4n) is 2.22. The second-order valence-corrected chi connectivity index (χ2v) is 5.35. The molecule has 0 saturated heterocycles. The van der Waals surface area contributed by atoms with Crippen molar-refractivity contribution in [1.82, 2.24) is 0 Å². The number of ketones is 1. The molecule has 0 spiro atoms. The molecule has 0 heterocycles. The lowest BCUT2D eigenvalue weighted by atomic mass is 10.00. The third-order valence-corrected chi connectivity index (χ3v) is 3.82. The van der Waals surface area contributed by atoms with Crippen molar-refractivity contribution in [2.45, 2.75) is 40.5 Å². The van der Waals surface area contributed by atoms with Gasteiger partial charge in [-0.2, -0.15) is 0 Å². The molecule has 0 unspecified atom stereocenters. The van der Waals surface area contributed by atoms with Gasteiger partial charge in [0.25, 0.3) is 0 Å². The zero-order chi connectivity index (χ0) is 15.4. The lowest BCUT2D eigenvalue weighted by molar-refractivity contribution is -0.110. The highest BCUT2D eigenvalue weighted by atomic mass is 16.5. The van der Waals surface area contributed by atoms with Crippen LogP contribution in [0.1, 0.15) is 38.3 Å². The van der Waals surface area contributed by atoms with Gasteiger partial charge < -0.3 is 4.74 Å². The molecule has 110 valence electrons. The molecular weight excluding hydrogens is 260 g/mol. The van der Waals surface area contributed by atoms with E-state index in [2.05, 4.69) is 39.0 Å². The number of hydrogen-bond acceptors (Lipinski definition) is 2. The molecule has 0 atom stereocenters. The Labute approximate surface area is 126 Å². The maximum Gasteiger partial charge on any atom is 0.182 e. The molecule has 1 aromatic carbocycles. The molecule has 2 nitrogen and oxygen atoms in total. The van der Waals surface area contributed by atoms with Crippen LogP contribution in [-0.2, 0) is 11.2 Å². The van der Waals surface area contributed by atoms with Crippen LogP contribution in [0.2, 0.25) is 0 Å². The molecule has 1 aromatic rings. The number of ether oxygens (including phenoxy) is 1. The first-order valence-electron chi connectivity index (χ1n) is 7.46. The summed E-state index contributed by atoms with van der Waals surface area (Å²) in [6, 6.07) is 6.22. The van der Waals surface area contributed by atoms with Crippen LogP contribution < -0.4 is 4.74 Å². The van der Waals surface area contributed by atoms with E-state index < -0.39 is 0 Å². The van der Waals surface area contributed by atoms with Crippen LogP contribution in [0.15, 0.2) is 53.3 Å². The summed E-state index contributed by atoms with van der Waals surface area (Å²) in [4.78, 5) is 11.7. The largest absolute Gasteiger partial charge is 0.456 e. The summed E-state index contributed by atoms with van der Waals surface area (Å²) in [7, 11) is 0. The highest BCUT2D eigenvalue weighted by Gasteiger charge is 2.15. The number of aryl methyl sites for hydroxylation is 2. The highest BCUT2D eigenvalue weighted by Crippen LogP contribution is 2.28. The fourth-order valence-corrected chi connectivity index (χ4v) is 2.22. The first-order valence-corrected chi connectivity index (χ1v) is 7.46. The third-order valence-electron chi connectivity index (χ3n) is 3.82. The Morgan fingerprint density at radius 2 is 1.95 bits per heavy atom. The summed E-state index contributed by atoms with van der Waals surface area (Å²) in [5, 5.41) is 0. The molecule has 21 heavy (non-hydrogen) atoms. The predicted octanol–water partition coefficient (Wildman–Crippen LogP) is 4.69. The average molecular weight is 282 g/mol. The molecule has 1 aliphatic carbocycles. The number of hydrogen-bond donors (Lipinski definition) is 0. The number of carbonyl (C=O) groups is 1. The quantitative estimate of drug-likeness (QED) is 0.801. The van der Waals surface area contributed by atoms with E-state index in [1.165, 1.54) is 11.1 Å². The van der Waals surface area contributed by atoms with Gasteiger partial charge >= 0.3 is 0 Å². The number of allylic oxidation sites excluding steroid dienone is 4. The van der Waals surface area contributed by atoms with Crippen molar-refractivity contribution in [2.75, 3.05) is 0 Å². The molecule has 2 heteroatoms. The molecule has 1 aliphatic rings. The minimum Gasteiger partial charge on any atom is -0.456 e. The van der Waals surface area contributed by atoms with Crippen molar-refractivity contribution in [2.24, 2.45) is 0 Å². The number of carbonyl (C=O) groups excluding carboxylic acids is 1. The van der Waals surface area contributed by atoms with Crippen molar-refractivity contribution in [3.63, 3.8) is 0 Å². The molecule has 0 saturated carbocycles. The van der Waals surface area contributed by atoms with E-state index in [1.807, 2.05) is 13.0 Å². The van der Waals surface area contributed by atoms with Gasteiger partial charge in [0.05, 0.1) is 0 Å². The maximum absolute atomic E-state index is 11.7. The first-order chi connectivity index (χ1) is 10.0. The molecule has 0 fully saturated rings. The predicted molar refractivity (Wildman–Crippen MR) is 86.4 cm³/mol.